The van der Waals surface area contributed by atoms with Crippen LogP contribution in [0.15, 0.2) is 41.3 Å². The van der Waals surface area contributed by atoms with E-state index in [-0.39, 0.29) is 11.3 Å². The molecule has 3 rings (SSSR count). The molecule has 0 fully saturated rings. The fourth-order valence-electron chi connectivity index (χ4n) is 2.22. The number of nitrogens with zero attached hydrogens (tertiary/aromatic N) is 4. The van der Waals surface area contributed by atoms with E-state index < -0.39 is 6.36 Å². The van der Waals surface area contributed by atoms with Crippen LogP contribution in [0.4, 0.5) is 13.2 Å². The van der Waals surface area contributed by atoms with Gasteiger partial charge in [0.15, 0.2) is 5.52 Å². The highest BCUT2D eigenvalue weighted by atomic mass is 19.4. The molecule has 9 heteroatoms. The van der Waals surface area contributed by atoms with E-state index in [9.17, 15) is 18.0 Å². The SMILES string of the molecule is CCn1nnc2ccn(-c3ccc(OC(F)(F)F)cc3)c(=O)c21. The van der Waals surface area contributed by atoms with Crippen LogP contribution in [0.2, 0.25) is 0 Å². The maximum absolute atomic E-state index is 12.5. The lowest BCUT2D eigenvalue weighted by molar-refractivity contribution is -0.274. The fourth-order valence-corrected chi connectivity index (χ4v) is 2.22. The van der Waals surface area contributed by atoms with Crippen molar-refractivity contribution in [2.24, 2.45) is 0 Å². The number of halogens is 3. The van der Waals surface area contributed by atoms with Gasteiger partial charge in [-0.3, -0.25) is 9.36 Å². The minimum absolute atomic E-state index is 0.339. The Kier molecular flexibility index (Phi) is 3.55. The molecule has 2 aromatic heterocycles. The molecule has 6 nitrogen and oxygen atoms in total. The van der Waals surface area contributed by atoms with Crippen LogP contribution in [0.1, 0.15) is 6.92 Å². The number of aromatic nitrogens is 4. The molecule has 23 heavy (non-hydrogen) atoms. The van der Waals surface area contributed by atoms with E-state index in [1.807, 2.05) is 6.92 Å². The van der Waals surface area contributed by atoms with Crippen molar-refractivity contribution in [3.8, 4) is 11.4 Å². The fraction of sp³-hybridized carbons (Fsp3) is 0.214. The summed E-state index contributed by atoms with van der Waals surface area (Å²) in [6.07, 6.45) is -3.25. The zero-order chi connectivity index (χ0) is 16.6. The molecule has 0 unspecified atom stereocenters. The molecule has 3 aromatic rings. The first kappa shape index (κ1) is 15.1. The van der Waals surface area contributed by atoms with Crippen LogP contribution in [0.3, 0.4) is 0 Å². The van der Waals surface area contributed by atoms with Gasteiger partial charge in [-0.2, -0.15) is 0 Å². The highest BCUT2D eigenvalue weighted by Gasteiger charge is 2.31. The smallest absolute Gasteiger partial charge is 0.406 e. The summed E-state index contributed by atoms with van der Waals surface area (Å²) in [6.45, 7) is 2.31. The Morgan fingerprint density at radius 3 is 2.48 bits per heavy atom. The molecule has 0 N–H and O–H groups in total. The van der Waals surface area contributed by atoms with Gasteiger partial charge in [0.1, 0.15) is 11.3 Å². The lowest BCUT2D eigenvalue weighted by Gasteiger charge is -2.10. The maximum Gasteiger partial charge on any atom is 0.573 e. The number of benzene rings is 1. The molecule has 0 amide bonds. The first-order chi connectivity index (χ1) is 10.9. The average molecular weight is 324 g/mol. The number of hydrogen-bond acceptors (Lipinski definition) is 4. The predicted octanol–water partition coefficient (Wildman–Crippen LogP) is 2.50. The molecule has 0 radical (unpaired) electrons. The summed E-state index contributed by atoms with van der Waals surface area (Å²) in [5.74, 6) is -0.351. The first-order valence-electron chi connectivity index (χ1n) is 6.70. The average Bonchev–Trinajstić information content (AvgIpc) is 2.91. The quantitative estimate of drug-likeness (QED) is 0.743. The Morgan fingerprint density at radius 2 is 1.87 bits per heavy atom. The second kappa shape index (κ2) is 5.41. The van der Waals surface area contributed by atoms with Crippen molar-refractivity contribution in [1.82, 2.24) is 19.6 Å². The number of rotatable bonds is 3. The van der Waals surface area contributed by atoms with Crippen molar-refractivity contribution >= 4 is 11.0 Å². The Balaban J connectivity index is 2.03. The molecule has 0 aliphatic carbocycles. The summed E-state index contributed by atoms with van der Waals surface area (Å²) in [6, 6.07) is 6.66. The summed E-state index contributed by atoms with van der Waals surface area (Å²) in [5, 5.41) is 7.77. The molecule has 0 saturated heterocycles. The van der Waals surface area contributed by atoms with Gasteiger partial charge in [0.2, 0.25) is 0 Å². The lowest BCUT2D eigenvalue weighted by Crippen LogP contribution is -2.20. The van der Waals surface area contributed by atoms with Gasteiger partial charge in [0.25, 0.3) is 5.56 Å². The normalized spacial score (nSPS) is 11.8. The van der Waals surface area contributed by atoms with Gasteiger partial charge in [-0.15, -0.1) is 18.3 Å². The minimum atomic E-state index is -4.75. The summed E-state index contributed by atoms with van der Waals surface area (Å²) in [5.41, 5.74) is 0.866. The number of alkyl halides is 3. The largest absolute Gasteiger partial charge is 0.573 e. The molecule has 0 aliphatic rings. The zero-order valence-electron chi connectivity index (χ0n) is 11.9. The van der Waals surface area contributed by atoms with Crippen LogP contribution in [0.25, 0.3) is 16.7 Å². The van der Waals surface area contributed by atoms with Crippen LogP contribution in [0, 0.1) is 0 Å². The van der Waals surface area contributed by atoms with Gasteiger partial charge in [-0.05, 0) is 37.3 Å². The number of hydrogen-bond donors (Lipinski definition) is 0. The van der Waals surface area contributed by atoms with Gasteiger partial charge in [0.05, 0.1) is 0 Å². The molecule has 0 atom stereocenters. The van der Waals surface area contributed by atoms with Crippen molar-refractivity contribution in [2.45, 2.75) is 19.8 Å². The first-order valence-corrected chi connectivity index (χ1v) is 6.70. The molecule has 0 aliphatic heterocycles. The van der Waals surface area contributed by atoms with E-state index in [2.05, 4.69) is 15.0 Å². The van der Waals surface area contributed by atoms with Crippen molar-refractivity contribution in [3.63, 3.8) is 0 Å². The van der Waals surface area contributed by atoms with E-state index in [1.54, 1.807) is 6.07 Å². The third kappa shape index (κ3) is 2.89. The van der Waals surface area contributed by atoms with E-state index in [1.165, 1.54) is 27.6 Å². The Labute approximate surface area is 127 Å². The second-order valence-electron chi connectivity index (χ2n) is 4.67. The van der Waals surface area contributed by atoms with Crippen LogP contribution >= 0.6 is 0 Å². The summed E-state index contributed by atoms with van der Waals surface area (Å²) in [4.78, 5) is 12.5. The van der Waals surface area contributed by atoms with Crippen LogP contribution < -0.4 is 10.3 Å². The molecule has 2 heterocycles. The lowest BCUT2D eigenvalue weighted by atomic mass is 10.3. The van der Waals surface area contributed by atoms with Crippen molar-refractivity contribution in [1.29, 1.82) is 0 Å². The van der Waals surface area contributed by atoms with Crippen LogP contribution in [-0.4, -0.2) is 25.9 Å². The maximum atomic E-state index is 12.5. The third-order valence-corrected chi connectivity index (χ3v) is 3.21. The van der Waals surface area contributed by atoms with Crippen LogP contribution in [0.5, 0.6) is 5.75 Å². The molecule has 1 aromatic carbocycles. The number of ether oxygens (including phenoxy) is 1. The molecule has 0 saturated carbocycles. The Morgan fingerprint density at radius 1 is 1.17 bits per heavy atom. The Bertz CT molecular complexity index is 897. The number of fused-ring (bicyclic) bond motifs is 1. The van der Waals surface area contributed by atoms with Gasteiger partial charge in [-0.25, -0.2) is 4.68 Å². The monoisotopic (exact) mass is 324 g/mol. The van der Waals surface area contributed by atoms with E-state index in [4.69, 9.17) is 0 Å². The molecule has 0 bridgehead atoms. The van der Waals surface area contributed by atoms with Crippen molar-refractivity contribution < 1.29 is 17.9 Å². The molecular weight excluding hydrogens is 313 g/mol. The van der Waals surface area contributed by atoms with Crippen molar-refractivity contribution in [2.75, 3.05) is 0 Å². The van der Waals surface area contributed by atoms with Gasteiger partial charge in [-0.1, -0.05) is 5.21 Å². The van der Waals surface area contributed by atoms with Gasteiger partial charge >= 0.3 is 6.36 Å². The molecule has 120 valence electrons. The van der Waals surface area contributed by atoms with Crippen molar-refractivity contribution in [3.05, 3.63) is 46.9 Å². The van der Waals surface area contributed by atoms with Gasteiger partial charge in [0, 0.05) is 18.4 Å². The topological polar surface area (TPSA) is 61.9 Å². The Hall–Kier alpha value is -2.84. The van der Waals surface area contributed by atoms with Gasteiger partial charge < -0.3 is 4.74 Å². The highest BCUT2D eigenvalue weighted by molar-refractivity contribution is 5.73. The molecule has 0 spiro atoms. The van der Waals surface area contributed by atoms with E-state index in [0.29, 0.717) is 23.3 Å². The second-order valence-corrected chi connectivity index (χ2v) is 4.67. The third-order valence-electron chi connectivity index (χ3n) is 3.21. The van der Waals surface area contributed by atoms with Crippen LogP contribution in [-0.2, 0) is 6.54 Å². The minimum Gasteiger partial charge on any atom is -0.406 e. The standard InChI is InChI=1S/C14H11F3N4O2/c1-2-21-12-11(18-19-21)7-8-20(13(12)22)9-3-5-10(6-4-9)23-14(15,16)17/h3-8H,2H2,1H3. The zero-order valence-corrected chi connectivity index (χ0v) is 11.9. The summed E-state index contributed by atoms with van der Waals surface area (Å²) < 4.78 is 43.1. The molecular formula is C14H11F3N4O2. The van der Waals surface area contributed by atoms with E-state index in [0.717, 1.165) is 12.1 Å². The number of aryl methyl sites for hydroxylation is 1. The summed E-state index contributed by atoms with van der Waals surface area (Å²) in [7, 11) is 0. The highest BCUT2D eigenvalue weighted by Crippen LogP contribution is 2.23. The van der Waals surface area contributed by atoms with E-state index >= 15 is 0 Å². The predicted molar refractivity (Wildman–Crippen MR) is 75.5 cm³/mol. The summed E-state index contributed by atoms with van der Waals surface area (Å²) >= 11 is 0. The number of pyridine rings is 1.